The van der Waals surface area contributed by atoms with Crippen LogP contribution in [-0.2, 0) is 33.6 Å². The zero-order valence-corrected chi connectivity index (χ0v) is 14.8. The Labute approximate surface area is 161 Å². The number of aliphatic hydroxyl groups excluding tert-OH is 1. The van der Waals surface area contributed by atoms with Crippen molar-refractivity contribution in [1.29, 1.82) is 0 Å². The quantitative estimate of drug-likeness (QED) is 0.164. The number of carboxylic acid groups (broad SMARTS) is 7. The molecule has 15 heteroatoms. The molecule has 0 amide bonds. The molecule has 166 valence electrons. The van der Waals surface area contributed by atoms with Crippen molar-refractivity contribution in [2.24, 2.45) is 0 Å². The van der Waals surface area contributed by atoms with Crippen LogP contribution in [0.2, 0.25) is 0 Å². The largest absolute Gasteiger partial charge is 0.481 e. The third kappa shape index (κ3) is 59.3. The first-order chi connectivity index (χ1) is 13.0. The van der Waals surface area contributed by atoms with Gasteiger partial charge in [-0.3, -0.25) is 19.2 Å². The van der Waals surface area contributed by atoms with E-state index in [0.717, 1.165) is 0 Å². The normalized spacial score (nSPS) is 9.72. The van der Waals surface area contributed by atoms with Gasteiger partial charge in [-0.05, 0) is 6.92 Å². The molecule has 0 fully saturated rings. The van der Waals surface area contributed by atoms with E-state index in [9.17, 15) is 33.6 Å². The number of aliphatic carboxylic acids is 7. The number of carbonyl (C=O) groups is 7. The molecule has 0 heterocycles. The zero-order valence-electron chi connectivity index (χ0n) is 14.8. The zero-order chi connectivity index (χ0) is 24.2. The summed E-state index contributed by atoms with van der Waals surface area (Å²) in [5, 5.41) is 62.6. The summed E-state index contributed by atoms with van der Waals surface area (Å²) in [5.41, 5.74) is 0. The van der Waals surface area contributed by atoms with E-state index < -0.39 is 54.3 Å². The summed E-state index contributed by atoms with van der Waals surface area (Å²) in [7, 11) is 0. The van der Waals surface area contributed by atoms with Gasteiger partial charge in [-0.2, -0.15) is 0 Å². The Hall–Kier alpha value is -4.01. The second-order valence-corrected chi connectivity index (χ2v) is 4.28. The minimum absolute atomic E-state index is 0.296. The maximum atomic E-state index is 9.64. The molecular weight excluding hydrogens is 408 g/mol. The Morgan fingerprint density at radius 2 is 0.862 bits per heavy atom. The molecule has 29 heavy (non-hydrogen) atoms. The molecule has 8 N–H and O–H groups in total. The number of carboxylic acids is 7. The minimum atomic E-state index is -1.31. The van der Waals surface area contributed by atoms with Crippen LogP contribution in [0.1, 0.15) is 26.2 Å². The molecule has 0 aliphatic heterocycles. The molecule has 0 spiro atoms. The van der Waals surface area contributed by atoms with Crippen molar-refractivity contribution < 1.29 is 74.4 Å². The Morgan fingerprint density at radius 1 is 0.621 bits per heavy atom. The summed E-state index contributed by atoms with van der Waals surface area (Å²) in [4.78, 5) is 66.7. The molecule has 0 aromatic rings. The van der Waals surface area contributed by atoms with Crippen molar-refractivity contribution in [3.63, 3.8) is 0 Å². The van der Waals surface area contributed by atoms with Crippen molar-refractivity contribution in [3.8, 4) is 0 Å². The van der Waals surface area contributed by atoms with E-state index >= 15 is 0 Å². The van der Waals surface area contributed by atoms with Crippen molar-refractivity contribution in [3.05, 3.63) is 12.2 Å². The van der Waals surface area contributed by atoms with Crippen LogP contribution in [0.25, 0.3) is 0 Å². The summed E-state index contributed by atoms with van der Waals surface area (Å²) in [6, 6.07) is 0. The van der Waals surface area contributed by atoms with Crippen molar-refractivity contribution in [2.45, 2.75) is 32.3 Å². The summed E-state index contributed by atoms with van der Waals surface area (Å²) < 4.78 is 0. The predicted molar refractivity (Wildman–Crippen MR) is 88.1 cm³/mol. The van der Waals surface area contributed by atoms with Gasteiger partial charge in [-0.15, -0.1) is 0 Å². The summed E-state index contributed by atoms with van der Waals surface area (Å²) in [5.74, 6) is -8.48. The van der Waals surface area contributed by atoms with Gasteiger partial charge in [-0.25, -0.2) is 14.4 Å². The Kier molecular flexibility index (Phi) is 22.9. The molecule has 0 saturated carbocycles. The molecule has 1 unspecified atom stereocenters. The highest BCUT2D eigenvalue weighted by atomic mass is 16.4. The van der Waals surface area contributed by atoms with Gasteiger partial charge in [0.25, 0.3) is 0 Å². The van der Waals surface area contributed by atoms with Gasteiger partial charge in [-0.1, -0.05) is 0 Å². The fourth-order valence-electron chi connectivity index (χ4n) is 0.486. The smallest absolute Gasteiger partial charge is 0.332 e. The molecule has 0 saturated heterocycles. The van der Waals surface area contributed by atoms with Gasteiger partial charge in [0.2, 0.25) is 0 Å². The highest BCUT2D eigenvalue weighted by Crippen LogP contribution is 1.86. The topological polar surface area (TPSA) is 281 Å². The average Bonchev–Trinajstić information content (AvgIpc) is 2.51. The maximum absolute atomic E-state index is 9.64. The second-order valence-electron chi connectivity index (χ2n) is 4.28. The van der Waals surface area contributed by atoms with Crippen molar-refractivity contribution in [1.82, 2.24) is 0 Å². The Bertz CT molecular complexity index is 560. The Balaban J connectivity index is -0.000000145. The van der Waals surface area contributed by atoms with Gasteiger partial charge in [0.15, 0.2) is 0 Å². The van der Waals surface area contributed by atoms with E-state index in [-0.39, 0.29) is 12.8 Å². The lowest BCUT2D eigenvalue weighted by Gasteiger charge is -1.89. The van der Waals surface area contributed by atoms with E-state index in [1.54, 1.807) is 0 Å². The van der Waals surface area contributed by atoms with Crippen LogP contribution in [0.5, 0.6) is 0 Å². The summed E-state index contributed by atoms with van der Waals surface area (Å²) in [6.45, 7) is 1.20. The minimum Gasteiger partial charge on any atom is -0.481 e. The molecule has 1 atom stereocenters. The fourth-order valence-corrected chi connectivity index (χ4v) is 0.486. The molecule has 0 aromatic heterocycles. The molecule has 0 aliphatic rings. The van der Waals surface area contributed by atoms with Gasteiger partial charge >= 0.3 is 41.8 Å². The Morgan fingerprint density at radius 3 is 0.931 bits per heavy atom. The lowest BCUT2D eigenvalue weighted by Crippen LogP contribution is -2.13. The van der Waals surface area contributed by atoms with E-state index in [2.05, 4.69) is 0 Å². The van der Waals surface area contributed by atoms with Gasteiger partial charge in [0.1, 0.15) is 12.5 Å². The first-order valence-electron chi connectivity index (χ1n) is 6.94. The van der Waals surface area contributed by atoms with Gasteiger partial charge in [0, 0.05) is 12.2 Å². The van der Waals surface area contributed by atoms with Crippen LogP contribution < -0.4 is 0 Å². The van der Waals surface area contributed by atoms with E-state index in [4.69, 9.17) is 40.9 Å². The van der Waals surface area contributed by atoms with Gasteiger partial charge in [0.05, 0.1) is 12.8 Å². The molecular formula is C14H20O15. The molecule has 0 radical (unpaired) electrons. The first-order valence-corrected chi connectivity index (χ1v) is 6.94. The highest BCUT2D eigenvalue weighted by molar-refractivity contribution is 5.89. The van der Waals surface area contributed by atoms with E-state index in [1.165, 1.54) is 6.92 Å². The molecule has 15 nitrogen and oxygen atoms in total. The van der Waals surface area contributed by atoms with Crippen molar-refractivity contribution in [2.75, 3.05) is 0 Å². The molecule has 0 aromatic carbocycles. The number of hydrogen-bond acceptors (Lipinski definition) is 8. The SMILES string of the molecule is CC(O)C(=O)O.O=C(O)/C=C\C(=O)O.O=C(O)CC(=O)O.O=C(O)CCC(=O)O. The molecule has 0 rings (SSSR count). The van der Waals surface area contributed by atoms with E-state index in [1.807, 2.05) is 0 Å². The third-order valence-corrected chi connectivity index (χ3v) is 1.58. The first kappa shape index (κ1) is 32.6. The lowest BCUT2D eigenvalue weighted by atomic mass is 10.3. The number of aliphatic hydroxyl groups is 1. The predicted octanol–water partition coefficient (Wildman–Crippen LogP) is -1.35. The second kappa shape index (κ2) is 20.3. The van der Waals surface area contributed by atoms with Crippen LogP contribution in [0.3, 0.4) is 0 Å². The van der Waals surface area contributed by atoms with Crippen LogP contribution in [0.4, 0.5) is 0 Å². The lowest BCUT2D eigenvalue weighted by molar-refractivity contribution is -0.148. The monoisotopic (exact) mass is 428 g/mol. The maximum Gasteiger partial charge on any atom is 0.332 e. The fraction of sp³-hybridized carbons (Fsp3) is 0.357. The molecule has 0 bridgehead atoms. The van der Waals surface area contributed by atoms with Crippen molar-refractivity contribution >= 4 is 41.8 Å². The van der Waals surface area contributed by atoms with Crippen LogP contribution in [0, 0.1) is 0 Å². The number of hydrogen-bond donors (Lipinski definition) is 8. The number of rotatable bonds is 8. The van der Waals surface area contributed by atoms with Crippen LogP contribution in [-0.4, -0.2) is 88.7 Å². The van der Waals surface area contributed by atoms with E-state index in [0.29, 0.717) is 12.2 Å². The molecule has 0 aliphatic carbocycles. The highest BCUT2D eigenvalue weighted by Gasteiger charge is 2.02. The van der Waals surface area contributed by atoms with Gasteiger partial charge < -0.3 is 40.9 Å². The van der Waals surface area contributed by atoms with Crippen LogP contribution >= 0.6 is 0 Å². The summed E-state index contributed by atoms with van der Waals surface area (Å²) >= 11 is 0. The third-order valence-electron chi connectivity index (χ3n) is 1.58. The summed E-state index contributed by atoms with van der Waals surface area (Å²) in [6.07, 6.45) is -1.51. The van der Waals surface area contributed by atoms with Crippen LogP contribution in [0.15, 0.2) is 12.2 Å². The standard InChI is InChI=1S/C4H6O4.C4H4O4.C3H4O4.C3H6O3/c2*5-3(6)1-2-4(7)8;4-2(5)1-3(6)7;1-2(4)3(5)6/h1-2H2,(H,5,6)(H,7,8);1-2H,(H,5,6)(H,7,8);1H2,(H,4,5)(H,6,7);2,4H,1H3,(H,5,6)/b;2-1-;;. The average molecular weight is 428 g/mol.